The Bertz CT molecular complexity index is 727. The van der Waals surface area contributed by atoms with E-state index in [1.165, 1.54) is 4.31 Å². The normalized spacial score (nSPS) is 23.8. The summed E-state index contributed by atoms with van der Waals surface area (Å²) in [7, 11) is -3.38. The van der Waals surface area contributed by atoms with Gasteiger partial charge in [0.15, 0.2) is 0 Å². The van der Waals surface area contributed by atoms with E-state index in [9.17, 15) is 13.2 Å². The molecule has 0 aromatic carbocycles. The number of rotatable bonds is 6. The third-order valence-corrected chi connectivity index (χ3v) is 6.27. The first-order chi connectivity index (χ1) is 12.4. The lowest BCUT2D eigenvalue weighted by Crippen LogP contribution is -2.49. The molecule has 0 spiro atoms. The van der Waals surface area contributed by atoms with Crippen molar-refractivity contribution in [1.29, 1.82) is 0 Å². The van der Waals surface area contributed by atoms with Crippen molar-refractivity contribution in [3.8, 4) is 0 Å². The summed E-state index contributed by atoms with van der Waals surface area (Å²) in [4.78, 5) is 14.9. The number of morpholine rings is 1. The van der Waals surface area contributed by atoms with Gasteiger partial charge >= 0.3 is 0 Å². The summed E-state index contributed by atoms with van der Waals surface area (Å²) in [5.74, 6) is 1.38. The van der Waals surface area contributed by atoms with Gasteiger partial charge in [0.2, 0.25) is 15.9 Å². The molecule has 1 aromatic rings. The number of nitrogens with zero attached hydrogens (tertiary/aromatic N) is 2. The Balaban J connectivity index is 1.68. The molecule has 1 amide bonds. The smallest absolute Gasteiger partial charge is 0.238 e. The Morgan fingerprint density at radius 1 is 1.31 bits per heavy atom. The van der Waals surface area contributed by atoms with Crippen molar-refractivity contribution >= 4 is 15.9 Å². The number of ether oxygens (including phenoxy) is 1. The SMILES string of the molecule is Cc1ccc(C(CNC(=O)C2CCCN2S(C)(=O)=O)N2CCOCC2)o1. The van der Waals surface area contributed by atoms with E-state index in [1.807, 2.05) is 19.1 Å². The van der Waals surface area contributed by atoms with E-state index in [2.05, 4.69) is 10.2 Å². The van der Waals surface area contributed by atoms with Crippen LogP contribution in [0.2, 0.25) is 0 Å². The summed E-state index contributed by atoms with van der Waals surface area (Å²) in [5.41, 5.74) is 0. The highest BCUT2D eigenvalue weighted by molar-refractivity contribution is 7.88. The molecule has 9 heteroatoms. The summed E-state index contributed by atoms with van der Waals surface area (Å²) in [6.07, 6.45) is 2.41. The Morgan fingerprint density at radius 3 is 2.65 bits per heavy atom. The monoisotopic (exact) mass is 385 g/mol. The number of carbonyl (C=O) groups is 1. The fraction of sp³-hybridized carbons (Fsp3) is 0.706. The number of aryl methyl sites for hydroxylation is 1. The summed E-state index contributed by atoms with van der Waals surface area (Å²) >= 11 is 0. The maximum absolute atomic E-state index is 12.6. The largest absolute Gasteiger partial charge is 0.465 e. The lowest BCUT2D eigenvalue weighted by atomic mass is 10.1. The van der Waals surface area contributed by atoms with E-state index >= 15 is 0 Å². The number of hydrogen-bond acceptors (Lipinski definition) is 6. The van der Waals surface area contributed by atoms with Crippen molar-refractivity contribution in [1.82, 2.24) is 14.5 Å². The Morgan fingerprint density at radius 2 is 2.04 bits per heavy atom. The molecule has 2 unspecified atom stereocenters. The molecule has 0 saturated carbocycles. The minimum atomic E-state index is -3.38. The van der Waals surface area contributed by atoms with Crippen LogP contribution in [0, 0.1) is 6.92 Å². The van der Waals surface area contributed by atoms with Gasteiger partial charge in [-0.1, -0.05) is 0 Å². The van der Waals surface area contributed by atoms with Gasteiger partial charge in [-0.2, -0.15) is 4.31 Å². The molecule has 3 heterocycles. The predicted octanol–water partition coefficient (Wildman–Crippen LogP) is 0.502. The number of furan rings is 1. The fourth-order valence-corrected chi connectivity index (χ4v) is 4.77. The van der Waals surface area contributed by atoms with Crippen molar-refractivity contribution in [3.05, 3.63) is 23.7 Å². The average Bonchev–Trinajstić information content (AvgIpc) is 3.25. The summed E-state index contributed by atoms with van der Waals surface area (Å²) in [6.45, 7) is 5.49. The molecule has 0 radical (unpaired) electrons. The molecule has 8 nitrogen and oxygen atoms in total. The average molecular weight is 385 g/mol. The van der Waals surface area contributed by atoms with Crippen molar-refractivity contribution in [3.63, 3.8) is 0 Å². The van der Waals surface area contributed by atoms with Crippen molar-refractivity contribution in [2.45, 2.75) is 31.8 Å². The number of sulfonamides is 1. The van der Waals surface area contributed by atoms with Gasteiger partial charge in [0.25, 0.3) is 0 Å². The van der Waals surface area contributed by atoms with E-state index in [0.29, 0.717) is 39.1 Å². The first kappa shape index (κ1) is 19.3. The molecule has 0 aliphatic carbocycles. The Labute approximate surface area is 154 Å². The molecule has 1 N–H and O–H groups in total. The van der Waals surface area contributed by atoms with Crippen LogP contribution in [0.3, 0.4) is 0 Å². The van der Waals surface area contributed by atoms with E-state index in [1.54, 1.807) is 0 Å². The summed E-state index contributed by atoms with van der Waals surface area (Å²) in [6, 6.07) is 3.13. The third kappa shape index (κ3) is 4.46. The molecule has 2 atom stereocenters. The quantitative estimate of drug-likeness (QED) is 0.767. The molecule has 1 aromatic heterocycles. The molecule has 3 rings (SSSR count). The molecular formula is C17H27N3O5S. The third-order valence-electron chi connectivity index (χ3n) is 4.98. The second-order valence-electron chi connectivity index (χ2n) is 6.89. The van der Waals surface area contributed by atoms with Gasteiger partial charge in [-0.25, -0.2) is 8.42 Å². The molecule has 2 aliphatic heterocycles. The first-order valence-corrected chi connectivity index (χ1v) is 10.8. The summed E-state index contributed by atoms with van der Waals surface area (Å²) in [5, 5.41) is 2.94. The van der Waals surface area contributed by atoms with Crippen molar-refractivity contribution < 1.29 is 22.4 Å². The second-order valence-corrected chi connectivity index (χ2v) is 8.82. The van der Waals surface area contributed by atoms with Crippen LogP contribution in [0.4, 0.5) is 0 Å². The minimum absolute atomic E-state index is 0.0929. The molecular weight excluding hydrogens is 358 g/mol. The van der Waals surface area contributed by atoms with Gasteiger partial charge in [-0.3, -0.25) is 9.69 Å². The van der Waals surface area contributed by atoms with Crippen LogP contribution in [0.15, 0.2) is 16.5 Å². The Hall–Kier alpha value is -1.42. The van der Waals surface area contributed by atoms with E-state index < -0.39 is 16.1 Å². The molecule has 2 aliphatic rings. The van der Waals surface area contributed by atoms with Gasteiger partial charge in [-0.15, -0.1) is 0 Å². The molecule has 2 saturated heterocycles. The van der Waals surface area contributed by atoms with E-state index in [0.717, 1.165) is 30.9 Å². The lowest BCUT2D eigenvalue weighted by Gasteiger charge is -2.33. The maximum Gasteiger partial charge on any atom is 0.238 e. The maximum atomic E-state index is 12.6. The lowest BCUT2D eigenvalue weighted by molar-refractivity contribution is -0.124. The van der Waals surface area contributed by atoms with Gasteiger partial charge in [0, 0.05) is 26.2 Å². The van der Waals surface area contributed by atoms with Crippen LogP contribution in [0.1, 0.15) is 30.4 Å². The van der Waals surface area contributed by atoms with Crippen LogP contribution in [-0.4, -0.2) is 75.2 Å². The van der Waals surface area contributed by atoms with Gasteiger partial charge < -0.3 is 14.5 Å². The topological polar surface area (TPSA) is 92.1 Å². The zero-order valence-electron chi connectivity index (χ0n) is 15.3. The first-order valence-electron chi connectivity index (χ1n) is 8.99. The van der Waals surface area contributed by atoms with Gasteiger partial charge in [-0.05, 0) is 31.9 Å². The van der Waals surface area contributed by atoms with E-state index in [4.69, 9.17) is 9.15 Å². The van der Waals surface area contributed by atoms with Crippen LogP contribution in [0.5, 0.6) is 0 Å². The number of nitrogens with one attached hydrogen (secondary N) is 1. The standard InChI is InChI=1S/C17H27N3O5S/c1-13-5-6-16(25-13)15(19-8-10-24-11-9-19)12-18-17(21)14-4-3-7-20(14)26(2,22)23/h5-6,14-15H,3-4,7-12H2,1-2H3,(H,18,21). The highest BCUT2D eigenvalue weighted by Gasteiger charge is 2.37. The van der Waals surface area contributed by atoms with Crippen LogP contribution < -0.4 is 5.32 Å². The zero-order valence-corrected chi connectivity index (χ0v) is 16.1. The van der Waals surface area contributed by atoms with Crippen LogP contribution >= 0.6 is 0 Å². The summed E-state index contributed by atoms with van der Waals surface area (Å²) < 4.78 is 36.2. The van der Waals surface area contributed by atoms with Gasteiger partial charge in [0.05, 0.1) is 25.5 Å². The highest BCUT2D eigenvalue weighted by Crippen LogP contribution is 2.24. The molecule has 2 fully saturated rings. The van der Waals surface area contributed by atoms with Crippen LogP contribution in [0.25, 0.3) is 0 Å². The number of amides is 1. The zero-order chi connectivity index (χ0) is 18.7. The van der Waals surface area contributed by atoms with E-state index in [-0.39, 0.29) is 11.9 Å². The van der Waals surface area contributed by atoms with Crippen molar-refractivity contribution in [2.24, 2.45) is 0 Å². The van der Waals surface area contributed by atoms with Gasteiger partial charge in [0.1, 0.15) is 17.6 Å². The predicted molar refractivity (Wildman–Crippen MR) is 96.2 cm³/mol. The number of carbonyl (C=O) groups excluding carboxylic acids is 1. The molecule has 26 heavy (non-hydrogen) atoms. The van der Waals surface area contributed by atoms with Crippen LogP contribution in [-0.2, 0) is 19.6 Å². The number of hydrogen-bond donors (Lipinski definition) is 1. The highest BCUT2D eigenvalue weighted by atomic mass is 32.2. The fourth-order valence-electron chi connectivity index (χ4n) is 3.65. The second kappa shape index (κ2) is 8.08. The molecule has 0 bridgehead atoms. The molecule has 146 valence electrons. The minimum Gasteiger partial charge on any atom is -0.465 e. The Kier molecular flexibility index (Phi) is 6.01. The van der Waals surface area contributed by atoms with Crippen molar-refractivity contribution in [2.75, 3.05) is 45.6 Å².